The summed E-state index contributed by atoms with van der Waals surface area (Å²) in [6, 6.07) is 5.20. The second-order valence-electron chi connectivity index (χ2n) is 6.76. The van der Waals surface area contributed by atoms with E-state index in [1.54, 1.807) is 23.7 Å². The van der Waals surface area contributed by atoms with Crippen LogP contribution in [0, 0.1) is 0 Å². The Balaban J connectivity index is 1.72. The number of aliphatic hydroxyl groups is 1. The van der Waals surface area contributed by atoms with Gasteiger partial charge in [0.15, 0.2) is 17.2 Å². The van der Waals surface area contributed by atoms with Crippen LogP contribution >= 0.6 is 0 Å². The summed E-state index contributed by atoms with van der Waals surface area (Å²) in [5, 5.41) is 23.4. The number of aromatic hydroxyl groups is 1. The number of rotatable bonds is 8. The van der Waals surface area contributed by atoms with E-state index in [-0.39, 0.29) is 12.4 Å². The molecule has 0 saturated heterocycles. The number of aromatic nitrogens is 2. The minimum atomic E-state index is -0.422. The molecule has 0 spiro atoms. The molecule has 0 radical (unpaired) electrons. The Morgan fingerprint density at radius 1 is 1.38 bits per heavy atom. The van der Waals surface area contributed by atoms with Crippen LogP contribution in [0.3, 0.4) is 0 Å². The van der Waals surface area contributed by atoms with Gasteiger partial charge in [0.2, 0.25) is 0 Å². The van der Waals surface area contributed by atoms with Crippen LogP contribution < -0.4 is 4.74 Å². The largest absolute Gasteiger partial charge is 0.504 e. The maximum atomic E-state index is 12.3. The first-order valence-electron chi connectivity index (χ1n) is 9.69. The van der Waals surface area contributed by atoms with E-state index in [2.05, 4.69) is 10.00 Å². The van der Waals surface area contributed by atoms with Crippen molar-refractivity contribution in [1.82, 2.24) is 14.7 Å². The van der Waals surface area contributed by atoms with Crippen molar-refractivity contribution in [2.45, 2.75) is 26.4 Å². The SMILES string of the molecule is CCOC(=O)c1nn(CCO)c2c1CN(CC=Cc1ccc(O)c(OC)c1)CC2. The average molecular weight is 401 g/mol. The predicted octanol–water partition coefficient (Wildman–Crippen LogP) is 1.84. The molecule has 0 saturated carbocycles. The van der Waals surface area contributed by atoms with Gasteiger partial charge in [0, 0.05) is 37.3 Å². The molecule has 1 aromatic heterocycles. The fourth-order valence-corrected chi connectivity index (χ4v) is 3.48. The van der Waals surface area contributed by atoms with Crippen LogP contribution in [-0.2, 0) is 24.2 Å². The minimum absolute atomic E-state index is 0.0288. The van der Waals surface area contributed by atoms with Gasteiger partial charge < -0.3 is 19.7 Å². The number of methoxy groups -OCH3 is 1. The molecule has 0 fully saturated rings. The van der Waals surface area contributed by atoms with Crippen molar-refractivity contribution in [3.8, 4) is 11.5 Å². The molecule has 0 amide bonds. The molecule has 2 N–H and O–H groups in total. The summed E-state index contributed by atoms with van der Waals surface area (Å²) in [6.45, 7) is 4.53. The Bertz CT molecular complexity index is 891. The predicted molar refractivity (Wildman–Crippen MR) is 108 cm³/mol. The van der Waals surface area contributed by atoms with Gasteiger partial charge in [-0.25, -0.2) is 4.79 Å². The van der Waals surface area contributed by atoms with Crippen LogP contribution in [-0.4, -0.2) is 64.3 Å². The third-order valence-electron chi connectivity index (χ3n) is 4.87. The number of ether oxygens (including phenoxy) is 2. The first kappa shape index (κ1) is 20.9. The van der Waals surface area contributed by atoms with Gasteiger partial charge >= 0.3 is 5.97 Å². The van der Waals surface area contributed by atoms with Crippen molar-refractivity contribution < 1.29 is 24.5 Å². The number of phenolic OH excluding ortho intramolecular Hbond substituents is 1. The van der Waals surface area contributed by atoms with Gasteiger partial charge in [0.1, 0.15) is 0 Å². The normalized spacial score (nSPS) is 14.2. The zero-order valence-electron chi connectivity index (χ0n) is 16.8. The van der Waals surface area contributed by atoms with Gasteiger partial charge in [-0.15, -0.1) is 0 Å². The van der Waals surface area contributed by atoms with E-state index in [9.17, 15) is 15.0 Å². The molecule has 156 valence electrons. The Morgan fingerprint density at radius 2 is 2.21 bits per heavy atom. The van der Waals surface area contributed by atoms with Crippen molar-refractivity contribution in [3.05, 3.63) is 46.8 Å². The van der Waals surface area contributed by atoms with Gasteiger partial charge in [0.05, 0.1) is 26.9 Å². The highest BCUT2D eigenvalue weighted by Crippen LogP contribution is 2.27. The van der Waals surface area contributed by atoms with Crippen molar-refractivity contribution in [2.75, 3.05) is 33.4 Å². The van der Waals surface area contributed by atoms with Gasteiger partial charge in [-0.3, -0.25) is 9.58 Å². The lowest BCUT2D eigenvalue weighted by molar-refractivity contribution is 0.0515. The monoisotopic (exact) mass is 401 g/mol. The van der Waals surface area contributed by atoms with Gasteiger partial charge in [-0.1, -0.05) is 18.2 Å². The van der Waals surface area contributed by atoms with Crippen LogP contribution in [0.15, 0.2) is 24.3 Å². The van der Waals surface area contributed by atoms with Crippen molar-refractivity contribution >= 4 is 12.0 Å². The Hall–Kier alpha value is -2.84. The Morgan fingerprint density at radius 3 is 2.93 bits per heavy atom. The molecule has 1 aliphatic rings. The molecular weight excluding hydrogens is 374 g/mol. The number of esters is 1. The zero-order valence-corrected chi connectivity index (χ0v) is 16.8. The lowest BCUT2D eigenvalue weighted by Crippen LogP contribution is -2.32. The van der Waals surface area contributed by atoms with Crippen molar-refractivity contribution in [2.24, 2.45) is 0 Å². The summed E-state index contributed by atoms with van der Waals surface area (Å²) in [4.78, 5) is 14.5. The molecule has 8 nitrogen and oxygen atoms in total. The lowest BCUT2D eigenvalue weighted by Gasteiger charge is -2.26. The Labute approximate surface area is 170 Å². The van der Waals surface area contributed by atoms with E-state index in [4.69, 9.17) is 9.47 Å². The molecule has 0 aliphatic carbocycles. The minimum Gasteiger partial charge on any atom is -0.504 e. The summed E-state index contributed by atoms with van der Waals surface area (Å²) >= 11 is 0. The van der Waals surface area contributed by atoms with E-state index in [0.29, 0.717) is 37.7 Å². The molecule has 0 bridgehead atoms. The van der Waals surface area contributed by atoms with E-state index in [1.165, 1.54) is 7.11 Å². The lowest BCUT2D eigenvalue weighted by atomic mass is 10.0. The Kier molecular flexibility index (Phi) is 6.90. The summed E-state index contributed by atoms with van der Waals surface area (Å²) < 4.78 is 12.0. The average Bonchev–Trinajstić information content (AvgIpc) is 3.08. The molecule has 0 atom stereocenters. The molecule has 2 aromatic rings. The molecule has 2 heterocycles. The molecule has 29 heavy (non-hydrogen) atoms. The molecule has 8 heteroatoms. The maximum absolute atomic E-state index is 12.3. The topological polar surface area (TPSA) is 97.0 Å². The van der Waals surface area contributed by atoms with Crippen LogP contribution in [0.5, 0.6) is 11.5 Å². The van der Waals surface area contributed by atoms with E-state index < -0.39 is 5.97 Å². The number of aliphatic hydroxyl groups excluding tert-OH is 1. The number of nitrogens with zero attached hydrogens (tertiary/aromatic N) is 3. The van der Waals surface area contributed by atoms with Crippen LogP contribution in [0.1, 0.15) is 34.2 Å². The summed E-state index contributed by atoms with van der Waals surface area (Å²) in [5.41, 5.74) is 3.14. The number of phenols is 1. The van der Waals surface area contributed by atoms with E-state index in [0.717, 1.165) is 29.8 Å². The quantitative estimate of drug-likeness (QED) is 0.652. The third kappa shape index (κ3) is 4.78. The second kappa shape index (κ2) is 9.58. The summed E-state index contributed by atoms with van der Waals surface area (Å²) in [6.07, 6.45) is 4.76. The van der Waals surface area contributed by atoms with Crippen LogP contribution in [0.25, 0.3) is 6.08 Å². The fourth-order valence-electron chi connectivity index (χ4n) is 3.48. The van der Waals surface area contributed by atoms with E-state index >= 15 is 0 Å². The van der Waals surface area contributed by atoms with Crippen molar-refractivity contribution in [1.29, 1.82) is 0 Å². The highest BCUT2D eigenvalue weighted by molar-refractivity contribution is 5.89. The van der Waals surface area contributed by atoms with Crippen LogP contribution in [0.2, 0.25) is 0 Å². The standard InChI is InChI=1S/C21H27N3O5/c1-3-29-21(27)20-16-14-23(10-8-17(16)24(22-20)11-12-25)9-4-5-15-6-7-18(26)19(13-15)28-2/h4-7,13,25-26H,3,8-12,14H2,1-2H3. The van der Waals surface area contributed by atoms with Gasteiger partial charge in [0.25, 0.3) is 0 Å². The van der Waals surface area contributed by atoms with Gasteiger partial charge in [-0.05, 0) is 24.6 Å². The second-order valence-corrected chi connectivity index (χ2v) is 6.76. The van der Waals surface area contributed by atoms with Crippen molar-refractivity contribution in [3.63, 3.8) is 0 Å². The number of benzene rings is 1. The summed E-state index contributed by atoms with van der Waals surface area (Å²) in [5.74, 6) is 0.124. The maximum Gasteiger partial charge on any atom is 0.359 e. The van der Waals surface area contributed by atoms with Crippen LogP contribution in [0.4, 0.5) is 0 Å². The molecule has 0 unspecified atom stereocenters. The fraction of sp³-hybridized carbons (Fsp3) is 0.429. The van der Waals surface area contributed by atoms with Gasteiger partial charge in [-0.2, -0.15) is 5.10 Å². The van der Waals surface area contributed by atoms with E-state index in [1.807, 2.05) is 18.2 Å². The highest BCUT2D eigenvalue weighted by Gasteiger charge is 2.28. The molecule has 3 rings (SSSR count). The highest BCUT2D eigenvalue weighted by atomic mass is 16.5. The zero-order chi connectivity index (χ0) is 20.8. The first-order chi connectivity index (χ1) is 14.1. The molecule has 1 aliphatic heterocycles. The molecular formula is C21H27N3O5. The summed E-state index contributed by atoms with van der Waals surface area (Å²) in [7, 11) is 1.52. The third-order valence-corrected chi connectivity index (χ3v) is 4.87. The first-order valence-corrected chi connectivity index (χ1v) is 9.69. The number of carbonyl (C=O) groups is 1. The number of fused-ring (bicyclic) bond motifs is 1. The number of carbonyl (C=O) groups excluding carboxylic acids is 1. The number of hydrogen-bond acceptors (Lipinski definition) is 7. The smallest absolute Gasteiger partial charge is 0.359 e. The number of hydrogen-bond donors (Lipinski definition) is 2. The molecule has 1 aromatic carbocycles.